The molecule has 20 heavy (non-hydrogen) atoms. The average molecular weight is 277 g/mol. The van der Waals surface area contributed by atoms with Crippen LogP contribution in [0.3, 0.4) is 0 Å². The van der Waals surface area contributed by atoms with Gasteiger partial charge in [-0.05, 0) is 43.2 Å². The summed E-state index contributed by atoms with van der Waals surface area (Å²) in [5, 5.41) is 12.5. The molecule has 0 radical (unpaired) electrons. The first kappa shape index (κ1) is 14.5. The number of aromatic hydroxyl groups is 1. The molecule has 0 aliphatic heterocycles. The molecule has 0 spiro atoms. The predicted molar refractivity (Wildman–Crippen MR) is 74.5 cm³/mol. The minimum absolute atomic E-state index is 0.0799. The zero-order valence-electron chi connectivity index (χ0n) is 11.2. The highest BCUT2D eigenvalue weighted by Gasteiger charge is 2.12. The molecule has 106 valence electrons. The van der Waals surface area contributed by atoms with Crippen molar-refractivity contribution in [1.29, 1.82) is 0 Å². The molecular formula is C16H17F2NO. The minimum Gasteiger partial charge on any atom is -0.508 e. The van der Waals surface area contributed by atoms with Gasteiger partial charge in [-0.3, -0.25) is 0 Å². The number of hydrogen-bond donors (Lipinski definition) is 2. The first-order valence-electron chi connectivity index (χ1n) is 6.50. The van der Waals surface area contributed by atoms with Crippen molar-refractivity contribution >= 4 is 0 Å². The quantitative estimate of drug-likeness (QED) is 0.878. The molecule has 1 unspecified atom stereocenters. The second-order valence-corrected chi connectivity index (χ2v) is 4.86. The van der Waals surface area contributed by atoms with Gasteiger partial charge in [-0.15, -0.1) is 0 Å². The molecule has 0 amide bonds. The SMILES string of the molecule is CC(Cc1c(F)cccc1F)NCc1cccc(O)c1. The molecule has 0 bridgehead atoms. The van der Waals surface area contributed by atoms with Crippen LogP contribution in [0.4, 0.5) is 8.78 Å². The molecule has 1 atom stereocenters. The van der Waals surface area contributed by atoms with Crippen molar-refractivity contribution in [1.82, 2.24) is 5.32 Å². The topological polar surface area (TPSA) is 32.3 Å². The smallest absolute Gasteiger partial charge is 0.129 e. The second-order valence-electron chi connectivity index (χ2n) is 4.86. The maximum Gasteiger partial charge on any atom is 0.129 e. The number of rotatable bonds is 5. The number of phenolic OH excluding ortho intramolecular Hbond substituents is 1. The number of hydrogen-bond acceptors (Lipinski definition) is 2. The first-order chi connectivity index (χ1) is 9.56. The van der Waals surface area contributed by atoms with Crippen LogP contribution in [0.15, 0.2) is 42.5 Å². The Bertz CT molecular complexity index is 566. The lowest BCUT2D eigenvalue weighted by Gasteiger charge is -2.15. The van der Waals surface area contributed by atoms with Crippen molar-refractivity contribution in [3.63, 3.8) is 0 Å². The van der Waals surface area contributed by atoms with E-state index in [9.17, 15) is 13.9 Å². The predicted octanol–water partition coefficient (Wildman–Crippen LogP) is 3.39. The van der Waals surface area contributed by atoms with Crippen LogP contribution in [-0.2, 0) is 13.0 Å². The van der Waals surface area contributed by atoms with E-state index in [2.05, 4.69) is 5.32 Å². The van der Waals surface area contributed by atoms with Gasteiger partial charge >= 0.3 is 0 Å². The van der Waals surface area contributed by atoms with Gasteiger partial charge in [-0.2, -0.15) is 0 Å². The third-order valence-corrected chi connectivity index (χ3v) is 3.14. The van der Waals surface area contributed by atoms with Crippen molar-refractivity contribution in [2.75, 3.05) is 0 Å². The van der Waals surface area contributed by atoms with Gasteiger partial charge in [-0.25, -0.2) is 8.78 Å². The van der Waals surface area contributed by atoms with E-state index in [0.29, 0.717) is 6.54 Å². The van der Waals surface area contributed by atoms with Crippen molar-refractivity contribution in [2.24, 2.45) is 0 Å². The molecule has 0 aliphatic carbocycles. The molecule has 0 saturated carbocycles. The largest absolute Gasteiger partial charge is 0.508 e. The molecule has 2 nitrogen and oxygen atoms in total. The molecule has 0 heterocycles. The zero-order chi connectivity index (χ0) is 14.5. The first-order valence-corrected chi connectivity index (χ1v) is 6.50. The van der Waals surface area contributed by atoms with Crippen molar-refractivity contribution in [2.45, 2.75) is 25.9 Å². The highest BCUT2D eigenvalue weighted by Crippen LogP contribution is 2.15. The third-order valence-electron chi connectivity index (χ3n) is 3.14. The fourth-order valence-electron chi connectivity index (χ4n) is 2.06. The molecule has 2 rings (SSSR count). The van der Waals surface area contributed by atoms with Gasteiger partial charge in [0.1, 0.15) is 17.4 Å². The lowest BCUT2D eigenvalue weighted by atomic mass is 10.1. The number of benzene rings is 2. The average Bonchev–Trinajstić information content (AvgIpc) is 2.41. The van der Waals surface area contributed by atoms with E-state index in [1.165, 1.54) is 18.2 Å². The molecule has 0 saturated heterocycles. The Morgan fingerprint density at radius 2 is 1.75 bits per heavy atom. The maximum atomic E-state index is 13.5. The normalized spacial score (nSPS) is 12.3. The number of halogens is 2. The van der Waals surface area contributed by atoms with Crippen LogP contribution in [-0.4, -0.2) is 11.1 Å². The molecule has 2 N–H and O–H groups in total. The van der Waals surface area contributed by atoms with E-state index in [-0.39, 0.29) is 23.8 Å². The molecular weight excluding hydrogens is 260 g/mol. The van der Waals surface area contributed by atoms with Crippen LogP contribution in [0.2, 0.25) is 0 Å². The summed E-state index contributed by atoms with van der Waals surface area (Å²) in [5.74, 6) is -0.830. The molecule has 4 heteroatoms. The molecule has 0 aliphatic rings. The van der Waals surface area contributed by atoms with Crippen LogP contribution in [0, 0.1) is 11.6 Å². The Kier molecular flexibility index (Phi) is 4.69. The third kappa shape index (κ3) is 3.78. The summed E-state index contributed by atoms with van der Waals surface area (Å²) >= 11 is 0. The van der Waals surface area contributed by atoms with Gasteiger partial charge in [-0.1, -0.05) is 18.2 Å². The van der Waals surface area contributed by atoms with Crippen molar-refractivity contribution in [3.8, 4) is 5.75 Å². The summed E-state index contributed by atoms with van der Waals surface area (Å²) in [5.41, 5.74) is 1.02. The van der Waals surface area contributed by atoms with Crippen LogP contribution >= 0.6 is 0 Å². The Morgan fingerprint density at radius 1 is 1.10 bits per heavy atom. The van der Waals surface area contributed by atoms with Crippen molar-refractivity contribution < 1.29 is 13.9 Å². The lowest BCUT2D eigenvalue weighted by Crippen LogP contribution is -2.28. The Hall–Kier alpha value is -1.94. The Balaban J connectivity index is 1.94. The van der Waals surface area contributed by atoms with Gasteiger partial charge in [0.05, 0.1) is 0 Å². The van der Waals surface area contributed by atoms with Crippen LogP contribution < -0.4 is 5.32 Å². The van der Waals surface area contributed by atoms with Crippen LogP contribution in [0.25, 0.3) is 0 Å². The van der Waals surface area contributed by atoms with Gasteiger partial charge in [0.15, 0.2) is 0 Å². The van der Waals surface area contributed by atoms with E-state index >= 15 is 0 Å². The summed E-state index contributed by atoms with van der Waals surface area (Å²) < 4.78 is 27.1. The number of nitrogens with one attached hydrogen (secondary N) is 1. The van der Waals surface area contributed by atoms with Gasteiger partial charge < -0.3 is 10.4 Å². The van der Waals surface area contributed by atoms with E-state index < -0.39 is 11.6 Å². The van der Waals surface area contributed by atoms with E-state index in [0.717, 1.165) is 5.56 Å². The zero-order valence-corrected chi connectivity index (χ0v) is 11.2. The molecule has 2 aromatic rings. The van der Waals surface area contributed by atoms with E-state index in [4.69, 9.17) is 0 Å². The van der Waals surface area contributed by atoms with Crippen LogP contribution in [0.5, 0.6) is 5.75 Å². The molecule has 0 aromatic heterocycles. The van der Waals surface area contributed by atoms with E-state index in [1.54, 1.807) is 18.2 Å². The summed E-state index contributed by atoms with van der Waals surface area (Å²) in [6.07, 6.45) is 0.275. The Morgan fingerprint density at radius 3 is 2.40 bits per heavy atom. The number of phenols is 1. The van der Waals surface area contributed by atoms with Gasteiger partial charge in [0.2, 0.25) is 0 Å². The fourth-order valence-corrected chi connectivity index (χ4v) is 2.06. The highest BCUT2D eigenvalue weighted by molar-refractivity contribution is 5.27. The van der Waals surface area contributed by atoms with Crippen molar-refractivity contribution in [3.05, 3.63) is 65.2 Å². The van der Waals surface area contributed by atoms with Gasteiger partial charge in [0.25, 0.3) is 0 Å². The Labute approximate surface area is 117 Å². The molecule has 0 fully saturated rings. The lowest BCUT2D eigenvalue weighted by molar-refractivity contribution is 0.472. The van der Waals surface area contributed by atoms with Gasteiger partial charge in [0, 0.05) is 18.2 Å². The monoisotopic (exact) mass is 277 g/mol. The van der Waals surface area contributed by atoms with E-state index in [1.807, 2.05) is 13.0 Å². The highest BCUT2D eigenvalue weighted by atomic mass is 19.1. The fraction of sp³-hybridized carbons (Fsp3) is 0.250. The second kappa shape index (κ2) is 6.48. The summed E-state index contributed by atoms with van der Waals surface area (Å²) in [6, 6.07) is 10.7. The summed E-state index contributed by atoms with van der Waals surface area (Å²) in [7, 11) is 0. The summed E-state index contributed by atoms with van der Waals surface area (Å²) in [6.45, 7) is 2.40. The minimum atomic E-state index is -0.518. The standard InChI is InChI=1S/C16H17F2NO/c1-11(8-14-15(17)6-3-7-16(14)18)19-10-12-4-2-5-13(20)9-12/h2-7,9,11,19-20H,8,10H2,1H3. The maximum absolute atomic E-state index is 13.5. The van der Waals surface area contributed by atoms with Crippen LogP contribution in [0.1, 0.15) is 18.1 Å². The summed E-state index contributed by atoms with van der Waals surface area (Å²) in [4.78, 5) is 0. The molecule has 2 aromatic carbocycles.